The molecule has 0 aromatic heterocycles. The highest BCUT2D eigenvalue weighted by atomic mass is 79.9. The van der Waals surface area contributed by atoms with Crippen molar-refractivity contribution in [1.29, 1.82) is 0 Å². The van der Waals surface area contributed by atoms with Crippen molar-refractivity contribution >= 4 is 15.9 Å². The highest BCUT2D eigenvalue weighted by molar-refractivity contribution is 9.10. The van der Waals surface area contributed by atoms with E-state index in [-0.39, 0.29) is 6.10 Å². The van der Waals surface area contributed by atoms with Crippen LogP contribution in [0.2, 0.25) is 0 Å². The topological polar surface area (TPSA) is 32.3 Å². The van der Waals surface area contributed by atoms with Crippen molar-refractivity contribution in [3.63, 3.8) is 0 Å². The largest absolute Gasteiger partial charge is 0.393 e. The van der Waals surface area contributed by atoms with Gasteiger partial charge in [0.1, 0.15) is 0 Å². The van der Waals surface area contributed by atoms with Crippen LogP contribution < -0.4 is 5.32 Å². The van der Waals surface area contributed by atoms with E-state index in [1.165, 1.54) is 11.1 Å². The highest BCUT2D eigenvalue weighted by Crippen LogP contribution is 2.18. The second kappa shape index (κ2) is 6.38. The number of aryl methyl sites for hydroxylation is 1. The predicted octanol–water partition coefficient (Wildman–Crippen LogP) is 3.01. The summed E-state index contributed by atoms with van der Waals surface area (Å²) in [6, 6.07) is 6.69. The number of benzene rings is 1. The maximum Gasteiger partial charge on any atom is 0.0526 e. The van der Waals surface area contributed by atoms with Crippen LogP contribution >= 0.6 is 15.9 Å². The van der Waals surface area contributed by atoms with E-state index in [0.717, 1.165) is 17.4 Å². The summed E-state index contributed by atoms with van der Waals surface area (Å²) < 4.78 is 1.14. The van der Waals surface area contributed by atoms with Crippen molar-refractivity contribution in [2.24, 2.45) is 0 Å². The molecule has 1 aromatic carbocycles. The van der Waals surface area contributed by atoms with Crippen LogP contribution in [-0.4, -0.2) is 17.3 Å². The van der Waals surface area contributed by atoms with Gasteiger partial charge < -0.3 is 10.4 Å². The summed E-state index contributed by atoms with van der Waals surface area (Å²) >= 11 is 3.56. The molecule has 16 heavy (non-hydrogen) atoms. The molecule has 0 aliphatic carbocycles. The lowest BCUT2D eigenvalue weighted by atomic mass is 10.1. The van der Waals surface area contributed by atoms with E-state index in [1.807, 2.05) is 6.92 Å². The summed E-state index contributed by atoms with van der Waals surface area (Å²) in [7, 11) is 0. The Morgan fingerprint density at radius 1 is 1.38 bits per heavy atom. The van der Waals surface area contributed by atoms with Crippen molar-refractivity contribution in [3.8, 4) is 0 Å². The molecule has 2 atom stereocenters. The zero-order valence-corrected chi connectivity index (χ0v) is 11.7. The van der Waals surface area contributed by atoms with Crippen LogP contribution in [0.25, 0.3) is 0 Å². The molecule has 1 aromatic rings. The normalized spacial score (nSPS) is 14.8. The molecule has 0 saturated carbocycles. The lowest BCUT2D eigenvalue weighted by Crippen LogP contribution is -2.28. The zero-order valence-electron chi connectivity index (χ0n) is 10.1. The Kier molecular flexibility index (Phi) is 5.46. The summed E-state index contributed by atoms with van der Waals surface area (Å²) in [5.74, 6) is 0. The van der Waals surface area contributed by atoms with Crippen LogP contribution in [-0.2, 0) is 6.54 Å². The van der Waals surface area contributed by atoms with E-state index in [2.05, 4.69) is 53.3 Å². The first-order valence-corrected chi connectivity index (χ1v) is 6.45. The Morgan fingerprint density at radius 2 is 2.06 bits per heavy atom. The van der Waals surface area contributed by atoms with Crippen molar-refractivity contribution in [1.82, 2.24) is 5.32 Å². The smallest absolute Gasteiger partial charge is 0.0526 e. The van der Waals surface area contributed by atoms with E-state index in [1.54, 1.807) is 0 Å². The molecule has 0 spiro atoms. The molecular weight excluding hydrogens is 266 g/mol. The van der Waals surface area contributed by atoms with Crippen molar-refractivity contribution in [2.75, 3.05) is 0 Å². The van der Waals surface area contributed by atoms with Gasteiger partial charge in [-0.15, -0.1) is 0 Å². The Morgan fingerprint density at radius 3 is 2.62 bits per heavy atom. The monoisotopic (exact) mass is 285 g/mol. The molecule has 2 unspecified atom stereocenters. The Hall–Kier alpha value is -0.380. The number of aliphatic hydroxyl groups excluding tert-OH is 1. The first kappa shape index (κ1) is 13.7. The number of hydrogen-bond acceptors (Lipinski definition) is 2. The SMILES string of the molecule is Cc1ccc(CNC(C)CC(C)O)c(Br)c1. The van der Waals surface area contributed by atoms with Gasteiger partial charge in [0.2, 0.25) is 0 Å². The fourth-order valence-corrected chi connectivity index (χ4v) is 2.31. The summed E-state index contributed by atoms with van der Waals surface area (Å²) in [5, 5.41) is 12.7. The Balaban J connectivity index is 2.48. The van der Waals surface area contributed by atoms with E-state index < -0.39 is 0 Å². The summed E-state index contributed by atoms with van der Waals surface area (Å²) in [5.41, 5.74) is 2.51. The standard InChI is InChI=1S/C13H20BrNO/c1-9-4-5-12(13(14)6-9)8-15-10(2)7-11(3)16/h4-6,10-11,15-16H,7-8H2,1-3H3. The van der Waals surface area contributed by atoms with E-state index in [9.17, 15) is 5.11 Å². The molecule has 0 aliphatic rings. The summed E-state index contributed by atoms with van der Waals surface area (Å²) in [6.45, 7) is 6.82. The Labute approximate surface area is 106 Å². The average molecular weight is 286 g/mol. The van der Waals surface area contributed by atoms with Crippen LogP contribution in [0.1, 0.15) is 31.4 Å². The first-order chi connectivity index (χ1) is 7.49. The molecule has 0 heterocycles. The maximum atomic E-state index is 9.26. The molecule has 0 amide bonds. The van der Waals surface area contributed by atoms with Crippen LogP contribution in [0, 0.1) is 6.92 Å². The average Bonchev–Trinajstić information content (AvgIpc) is 2.15. The second-order valence-corrected chi connectivity index (χ2v) is 5.32. The van der Waals surface area contributed by atoms with Gasteiger partial charge in [-0.05, 0) is 44.4 Å². The van der Waals surface area contributed by atoms with Gasteiger partial charge in [0.05, 0.1) is 6.10 Å². The molecule has 0 radical (unpaired) electrons. The van der Waals surface area contributed by atoms with Gasteiger partial charge in [-0.25, -0.2) is 0 Å². The van der Waals surface area contributed by atoms with Gasteiger partial charge in [-0.3, -0.25) is 0 Å². The molecule has 2 nitrogen and oxygen atoms in total. The zero-order chi connectivity index (χ0) is 12.1. The van der Waals surface area contributed by atoms with Gasteiger partial charge in [0, 0.05) is 17.1 Å². The van der Waals surface area contributed by atoms with Crippen molar-refractivity contribution in [2.45, 2.75) is 45.9 Å². The minimum absolute atomic E-state index is 0.246. The number of rotatable bonds is 5. The van der Waals surface area contributed by atoms with Gasteiger partial charge in [-0.2, -0.15) is 0 Å². The van der Waals surface area contributed by atoms with Gasteiger partial charge >= 0.3 is 0 Å². The van der Waals surface area contributed by atoms with Gasteiger partial charge in [0.25, 0.3) is 0 Å². The molecule has 0 aliphatic heterocycles. The fraction of sp³-hybridized carbons (Fsp3) is 0.538. The Bertz CT molecular complexity index is 339. The van der Waals surface area contributed by atoms with Crippen LogP contribution in [0.5, 0.6) is 0 Å². The number of halogens is 1. The van der Waals surface area contributed by atoms with Crippen molar-refractivity contribution in [3.05, 3.63) is 33.8 Å². The number of aliphatic hydroxyl groups is 1. The first-order valence-electron chi connectivity index (χ1n) is 5.65. The van der Waals surface area contributed by atoms with E-state index in [4.69, 9.17) is 0 Å². The molecule has 90 valence electrons. The molecule has 1 rings (SSSR count). The molecule has 0 bridgehead atoms. The minimum Gasteiger partial charge on any atom is -0.393 e. The molecule has 3 heteroatoms. The van der Waals surface area contributed by atoms with Crippen LogP contribution in [0.3, 0.4) is 0 Å². The molecular formula is C13H20BrNO. The van der Waals surface area contributed by atoms with E-state index in [0.29, 0.717) is 6.04 Å². The third-order valence-electron chi connectivity index (χ3n) is 2.54. The summed E-state index contributed by atoms with van der Waals surface area (Å²) in [6.07, 6.45) is 0.535. The van der Waals surface area contributed by atoms with Crippen molar-refractivity contribution < 1.29 is 5.11 Å². The third-order valence-corrected chi connectivity index (χ3v) is 3.28. The second-order valence-electron chi connectivity index (χ2n) is 4.46. The predicted molar refractivity (Wildman–Crippen MR) is 71.5 cm³/mol. The quantitative estimate of drug-likeness (QED) is 0.872. The molecule has 2 N–H and O–H groups in total. The third kappa shape index (κ3) is 4.64. The lowest BCUT2D eigenvalue weighted by Gasteiger charge is -2.16. The van der Waals surface area contributed by atoms with E-state index >= 15 is 0 Å². The maximum absolute atomic E-state index is 9.26. The van der Waals surface area contributed by atoms with Crippen LogP contribution in [0.4, 0.5) is 0 Å². The summed E-state index contributed by atoms with van der Waals surface area (Å²) in [4.78, 5) is 0. The van der Waals surface area contributed by atoms with Crippen LogP contribution in [0.15, 0.2) is 22.7 Å². The fourth-order valence-electron chi connectivity index (χ4n) is 1.67. The molecule has 0 saturated heterocycles. The molecule has 0 fully saturated rings. The lowest BCUT2D eigenvalue weighted by molar-refractivity contribution is 0.170. The number of nitrogens with one attached hydrogen (secondary N) is 1. The number of hydrogen-bond donors (Lipinski definition) is 2. The minimum atomic E-state index is -0.246. The van der Waals surface area contributed by atoms with Gasteiger partial charge in [0.15, 0.2) is 0 Å². The highest BCUT2D eigenvalue weighted by Gasteiger charge is 2.06. The van der Waals surface area contributed by atoms with Gasteiger partial charge in [-0.1, -0.05) is 28.1 Å².